The van der Waals surface area contributed by atoms with Crippen molar-refractivity contribution in [3.8, 4) is 0 Å². The fraction of sp³-hybridized carbons (Fsp3) is 0.350. The first-order chi connectivity index (χ1) is 13.0. The van der Waals surface area contributed by atoms with E-state index in [0.29, 0.717) is 11.7 Å². The van der Waals surface area contributed by atoms with Gasteiger partial charge in [-0.2, -0.15) is 0 Å². The fourth-order valence-corrected chi connectivity index (χ4v) is 4.09. The molecule has 0 amide bonds. The molecule has 3 aromatic rings. The number of nitrogens with zero attached hydrogens (tertiary/aromatic N) is 3. The number of nitrogens with one attached hydrogen (secondary N) is 1. The lowest BCUT2D eigenvalue weighted by Gasteiger charge is -2.10. The molecule has 2 heterocycles. The van der Waals surface area contributed by atoms with Crippen LogP contribution in [-0.2, 0) is 12.3 Å². The minimum absolute atomic E-state index is 0.0700. The molecule has 0 radical (unpaired) electrons. The van der Waals surface area contributed by atoms with Crippen molar-refractivity contribution in [2.75, 3.05) is 0 Å². The number of hydrogen-bond acceptors (Lipinski definition) is 4. The molecule has 7 heteroatoms. The van der Waals surface area contributed by atoms with Gasteiger partial charge < -0.3 is 9.55 Å². The van der Waals surface area contributed by atoms with Gasteiger partial charge in [-0.3, -0.25) is 4.79 Å². The van der Waals surface area contributed by atoms with E-state index in [2.05, 4.69) is 21.5 Å². The second kappa shape index (κ2) is 7.52. The minimum atomic E-state index is -0.0700. The standard InChI is InChI=1S/C20H21ClN4OS/c1-12-13(2)25(10-14-3-7-16(21)8-4-14)20(22-12)27-11-17-9-18(26)24-19(23-17)15-5-6-15/h3-4,7-9,15H,5-6,10-11H2,1-2H3,(H,23,24,26). The summed E-state index contributed by atoms with van der Waals surface area (Å²) in [5.74, 6) is 1.88. The van der Waals surface area contributed by atoms with Gasteiger partial charge in [-0.1, -0.05) is 35.5 Å². The first kappa shape index (κ1) is 18.3. The molecule has 0 saturated heterocycles. The molecule has 1 saturated carbocycles. The van der Waals surface area contributed by atoms with Crippen molar-refractivity contribution in [1.82, 2.24) is 19.5 Å². The highest BCUT2D eigenvalue weighted by Crippen LogP contribution is 2.37. The van der Waals surface area contributed by atoms with Crippen molar-refractivity contribution in [3.05, 3.63) is 74.2 Å². The number of H-pyrrole nitrogens is 1. The third-order valence-electron chi connectivity index (χ3n) is 4.80. The summed E-state index contributed by atoms with van der Waals surface area (Å²) in [7, 11) is 0. The molecule has 0 bridgehead atoms. The summed E-state index contributed by atoms with van der Waals surface area (Å²) < 4.78 is 2.21. The molecule has 2 aromatic heterocycles. The molecule has 1 aromatic carbocycles. The number of benzene rings is 1. The van der Waals surface area contributed by atoms with Crippen molar-refractivity contribution in [1.29, 1.82) is 0 Å². The number of aryl methyl sites for hydroxylation is 1. The van der Waals surface area contributed by atoms with E-state index in [4.69, 9.17) is 16.6 Å². The van der Waals surface area contributed by atoms with E-state index < -0.39 is 0 Å². The molecule has 4 rings (SSSR count). The largest absolute Gasteiger partial charge is 0.319 e. The van der Waals surface area contributed by atoms with Crippen LogP contribution in [0.4, 0.5) is 0 Å². The van der Waals surface area contributed by atoms with Crippen LogP contribution in [0.5, 0.6) is 0 Å². The molecule has 1 N–H and O–H groups in total. The smallest absolute Gasteiger partial charge is 0.251 e. The van der Waals surface area contributed by atoms with Crippen LogP contribution in [0.2, 0.25) is 5.02 Å². The molecule has 1 fully saturated rings. The second-order valence-electron chi connectivity index (χ2n) is 6.96. The Balaban J connectivity index is 1.54. The van der Waals surface area contributed by atoms with Gasteiger partial charge >= 0.3 is 0 Å². The number of imidazole rings is 1. The molecule has 0 spiro atoms. The van der Waals surface area contributed by atoms with Crippen LogP contribution in [0.1, 0.15) is 47.2 Å². The molecular weight excluding hydrogens is 380 g/mol. The fourth-order valence-electron chi connectivity index (χ4n) is 2.98. The second-order valence-corrected chi connectivity index (χ2v) is 8.34. The monoisotopic (exact) mass is 400 g/mol. The van der Waals surface area contributed by atoms with Gasteiger partial charge in [0, 0.05) is 35.0 Å². The lowest BCUT2D eigenvalue weighted by Crippen LogP contribution is -2.12. The number of thioether (sulfide) groups is 1. The van der Waals surface area contributed by atoms with E-state index in [0.717, 1.165) is 52.5 Å². The average molecular weight is 401 g/mol. The molecule has 0 aliphatic heterocycles. The topological polar surface area (TPSA) is 63.6 Å². The van der Waals surface area contributed by atoms with Crippen LogP contribution < -0.4 is 5.56 Å². The summed E-state index contributed by atoms with van der Waals surface area (Å²) in [6, 6.07) is 9.47. The number of aromatic amines is 1. The predicted octanol–water partition coefficient (Wildman–Crippen LogP) is 4.45. The van der Waals surface area contributed by atoms with Crippen LogP contribution in [0, 0.1) is 13.8 Å². The highest BCUT2D eigenvalue weighted by Gasteiger charge is 2.26. The summed E-state index contributed by atoms with van der Waals surface area (Å²) >= 11 is 7.61. The number of aromatic nitrogens is 4. The van der Waals surface area contributed by atoms with Gasteiger partial charge in [0.1, 0.15) is 5.82 Å². The normalized spacial score (nSPS) is 13.9. The summed E-state index contributed by atoms with van der Waals surface area (Å²) in [5.41, 5.74) is 4.07. The van der Waals surface area contributed by atoms with Crippen LogP contribution in [0.15, 0.2) is 40.3 Å². The van der Waals surface area contributed by atoms with E-state index >= 15 is 0 Å². The average Bonchev–Trinajstić information content (AvgIpc) is 3.45. The molecule has 5 nitrogen and oxygen atoms in total. The zero-order chi connectivity index (χ0) is 19.0. The third-order valence-corrected chi connectivity index (χ3v) is 6.06. The molecule has 27 heavy (non-hydrogen) atoms. The number of rotatable bonds is 6. The zero-order valence-corrected chi connectivity index (χ0v) is 16.9. The Morgan fingerprint density at radius 2 is 1.96 bits per heavy atom. The number of halogens is 1. The highest BCUT2D eigenvalue weighted by atomic mass is 35.5. The maximum Gasteiger partial charge on any atom is 0.251 e. The Morgan fingerprint density at radius 1 is 1.22 bits per heavy atom. The summed E-state index contributed by atoms with van der Waals surface area (Å²) in [6.45, 7) is 4.84. The van der Waals surface area contributed by atoms with Gasteiger partial charge in [-0.15, -0.1) is 0 Å². The molecule has 0 atom stereocenters. The van der Waals surface area contributed by atoms with E-state index in [1.165, 1.54) is 5.56 Å². The summed E-state index contributed by atoms with van der Waals surface area (Å²) in [4.78, 5) is 24.1. The van der Waals surface area contributed by atoms with E-state index in [1.54, 1.807) is 17.8 Å². The molecule has 140 valence electrons. The van der Waals surface area contributed by atoms with Gasteiger partial charge in [0.05, 0.1) is 11.4 Å². The lowest BCUT2D eigenvalue weighted by molar-refractivity contribution is 0.688. The van der Waals surface area contributed by atoms with E-state index in [-0.39, 0.29) is 5.56 Å². The van der Waals surface area contributed by atoms with Gasteiger partial charge in [-0.25, -0.2) is 9.97 Å². The third kappa shape index (κ3) is 4.28. The maximum absolute atomic E-state index is 11.9. The van der Waals surface area contributed by atoms with Crippen molar-refractivity contribution in [2.24, 2.45) is 0 Å². The lowest BCUT2D eigenvalue weighted by atomic mass is 10.2. The highest BCUT2D eigenvalue weighted by molar-refractivity contribution is 7.98. The molecule has 1 aliphatic carbocycles. The Bertz CT molecular complexity index is 1020. The quantitative estimate of drug-likeness (QED) is 0.620. The Labute approximate surface area is 167 Å². The van der Waals surface area contributed by atoms with E-state index in [1.807, 2.05) is 31.2 Å². The van der Waals surface area contributed by atoms with Gasteiger partial charge in [0.15, 0.2) is 5.16 Å². The molecule has 1 aliphatic rings. The first-order valence-corrected chi connectivity index (χ1v) is 10.4. The van der Waals surface area contributed by atoms with E-state index in [9.17, 15) is 4.79 Å². The summed E-state index contributed by atoms with van der Waals surface area (Å²) in [5, 5.41) is 1.67. The zero-order valence-electron chi connectivity index (χ0n) is 15.3. The summed E-state index contributed by atoms with van der Waals surface area (Å²) in [6.07, 6.45) is 2.23. The van der Waals surface area contributed by atoms with Gasteiger partial charge in [0.2, 0.25) is 0 Å². The minimum Gasteiger partial charge on any atom is -0.319 e. The van der Waals surface area contributed by atoms with Crippen molar-refractivity contribution >= 4 is 23.4 Å². The van der Waals surface area contributed by atoms with Gasteiger partial charge in [0.25, 0.3) is 5.56 Å². The van der Waals surface area contributed by atoms with Crippen molar-refractivity contribution < 1.29 is 0 Å². The SMILES string of the molecule is Cc1nc(SCc2cc(=O)[nH]c(C3CC3)n2)n(Cc2ccc(Cl)cc2)c1C. The van der Waals surface area contributed by atoms with Crippen LogP contribution in [-0.4, -0.2) is 19.5 Å². The Kier molecular flexibility index (Phi) is 5.10. The Morgan fingerprint density at radius 3 is 2.67 bits per heavy atom. The first-order valence-electron chi connectivity index (χ1n) is 9.00. The van der Waals surface area contributed by atoms with Gasteiger partial charge in [-0.05, 0) is 44.4 Å². The van der Waals surface area contributed by atoms with Crippen molar-refractivity contribution in [3.63, 3.8) is 0 Å². The van der Waals surface area contributed by atoms with Crippen LogP contribution >= 0.6 is 23.4 Å². The molecule has 0 unspecified atom stereocenters. The van der Waals surface area contributed by atoms with Crippen molar-refractivity contribution in [2.45, 2.75) is 50.1 Å². The van der Waals surface area contributed by atoms with Crippen LogP contribution in [0.3, 0.4) is 0 Å². The maximum atomic E-state index is 11.9. The number of hydrogen-bond donors (Lipinski definition) is 1. The predicted molar refractivity (Wildman–Crippen MR) is 109 cm³/mol. The van der Waals surface area contributed by atoms with Crippen LogP contribution in [0.25, 0.3) is 0 Å². The Hall–Kier alpha value is -2.05. The molecular formula is C20H21ClN4OS.